The number of hydrogen-bond acceptors (Lipinski definition) is 5. The molecule has 0 saturated carbocycles. The summed E-state index contributed by atoms with van der Waals surface area (Å²) in [4.78, 5) is 24.5. The third-order valence-corrected chi connectivity index (χ3v) is 6.39. The van der Waals surface area contributed by atoms with Crippen molar-refractivity contribution in [2.45, 2.75) is 52.0 Å². The fraction of sp³-hybridized carbons (Fsp3) is 0.333. The molecule has 34 heavy (non-hydrogen) atoms. The molecule has 178 valence electrons. The molecule has 1 atom stereocenters. The number of phenols is 1. The summed E-state index contributed by atoms with van der Waals surface area (Å²) >= 11 is 0. The summed E-state index contributed by atoms with van der Waals surface area (Å²) in [5, 5.41) is 22.6. The number of aliphatic carboxylic acids is 1. The van der Waals surface area contributed by atoms with Gasteiger partial charge in [0.15, 0.2) is 0 Å². The number of carboxylic acids is 1. The van der Waals surface area contributed by atoms with E-state index in [9.17, 15) is 19.8 Å². The quantitative estimate of drug-likeness (QED) is 0.444. The van der Waals surface area contributed by atoms with E-state index in [0.29, 0.717) is 16.9 Å². The lowest BCUT2D eigenvalue weighted by molar-refractivity contribution is -0.141. The van der Waals surface area contributed by atoms with Crippen LogP contribution in [0.5, 0.6) is 11.5 Å². The number of aryl methyl sites for hydroxylation is 3. The zero-order valence-electron chi connectivity index (χ0n) is 19.6. The number of amides is 1. The topological polar surface area (TPSA) is 109 Å². The van der Waals surface area contributed by atoms with Crippen molar-refractivity contribution in [3.63, 3.8) is 0 Å². The van der Waals surface area contributed by atoms with Crippen LogP contribution in [0.25, 0.3) is 16.5 Å². The molecule has 0 fully saturated rings. The molecule has 1 heterocycles. The highest BCUT2D eigenvalue weighted by Crippen LogP contribution is 2.41. The predicted molar refractivity (Wildman–Crippen MR) is 129 cm³/mol. The largest absolute Gasteiger partial charge is 0.508 e. The van der Waals surface area contributed by atoms with Crippen molar-refractivity contribution in [2.75, 3.05) is 7.11 Å². The molecular formula is C27H29NO6. The van der Waals surface area contributed by atoms with Crippen LogP contribution in [0.4, 0.5) is 0 Å². The van der Waals surface area contributed by atoms with Gasteiger partial charge in [-0.15, -0.1) is 0 Å². The molecule has 0 bridgehead atoms. The lowest BCUT2D eigenvalue weighted by Crippen LogP contribution is -2.41. The van der Waals surface area contributed by atoms with Gasteiger partial charge in [0.2, 0.25) is 5.91 Å². The van der Waals surface area contributed by atoms with Crippen molar-refractivity contribution >= 4 is 28.4 Å². The number of hydrogen-bond donors (Lipinski definition) is 3. The Morgan fingerprint density at radius 3 is 2.59 bits per heavy atom. The van der Waals surface area contributed by atoms with E-state index in [0.717, 1.165) is 53.5 Å². The van der Waals surface area contributed by atoms with Gasteiger partial charge >= 0.3 is 5.97 Å². The molecule has 2 aromatic carbocycles. The van der Waals surface area contributed by atoms with Crippen LogP contribution in [0, 0.1) is 6.92 Å². The maximum absolute atomic E-state index is 12.8. The Bertz CT molecular complexity index is 1270. The van der Waals surface area contributed by atoms with Crippen molar-refractivity contribution < 1.29 is 29.0 Å². The van der Waals surface area contributed by atoms with Crippen molar-refractivity contribution in [1.82, 2.24) is 5.32 Å². The molecule has 0 saturated heterocycles. The highest BCUT2D eigenvalue weighted by atomic mass is 16.5. The van der Waals surface area contributed by atoms with E-state index in [4.69, 9.17) is 9.15 Å². The van der Waals surface area contributed by atoms with Crippen LogP contribution in [0.3, 0.4) is 0 Å². The first-order valence-corrected chi connectivity index (χ1v) is 11.4. The molecule has 1 unspecified atom stereocenters. The van der Waals surface area contributed by atoms with E-state index in [-0.39, 0.29) is 12.2 Å². The summed E-state index contributed by atoms with van der Waals surface area (Å²) in [6, 6.07) is 7.14. The summed E-state index contributed by atoms with van der Waals surface area (Å²) < 4.78 is 11.8. The standard InChI is InChI=1S/C27H29NO6/c1-15(12-24(30)28-22(27(31)32)13-17-8-10-18(29)11-9-17)20-14-21-19-6-4-5-7-23(19)34-26(21)16(2)25(20)33-3/h8-12,14,22,29H,4-7,13H2,1-3H3,(H,28,30)(H,31,32)/b15-12+. The van der Waals surface area contributed by atoms with Crippen molar-refractivity contribution in [3.8, 4) is 11.5 Å². The monoisotopic (exact) mass is 463 g/mol. The van der Waals surface area contributed by atoms with Crippen molar-refractivity contribution in [1.29, 1.82) is 0 Å². The van der Waals surface area contributed by atoms with Gasteiger partial charge in [-0.25, -0.2) is 4.79 Å². The van der Waals surface area contributed by atoms with Crippen LogP contribution in [-0.4, -0.2) is 35.2 Å². The second kappa shape index (κ2) is 9.63. The number of rotatable bonds is 7. The Kier molecular flexibility index (Phi) is 6.63. The van der Waals surface area contributed by atoms with Gasteiger partial charge in [-0.05, 0) is 62.4 Å². The maximum Gasteiger partial charge on any atom is 0.326 e. The van der Waals surface area contributed by atoms with E-state index in [1.807, 2.05) is 19.9 Å². The number of aromatic hydroxyl groups is 1. The van der Waals surface area contributed by atoms with Crippen molar-refractivity contribution in [2.24, 2.45) is 0 Å². The number of carbonyl (C=O) groups excluding carboxylic acids is 1. The molecule has 0 radical (unpaired) electrons. The van der Waals surface area contributed by atoms with Crippen LogP contribution in [0.1, 0.15) is 47.8 Å². The van der Waals surface area contributed by atoms with Gasteiger partial charge in [-0.3, -0.25) is 4.79 Å². The summed E-state index contributed by atoms with van der Waals surface area (Å²) in [5.41, 5.74) is 5.07. The number of ether oxygens (including phenoxy) is 1. The minimum Gasteiger partial charge on any atom is -0.508 e. The van der Waals surface area contributed by atoms with Gasteiger partial charge in [-0.2, -0.15) is 0 Å². The average molecular weight is 464 g/mol. The second-order valence-corrected chi connectivity index (χ2v) is 8.77. The first-order chi connectivity index (χ1) is 16.3. The molecule has 0 aliphatic heterocycles. The summed E-state index contributed by atoms with van der Waals surface area (Å²) in [5.74, 6) is 0.129. The van der Waals surface area contributed by atoms with Gasteiger partial charge in [0.25, 0.3) is 0 Å². The van der Waals surface area contributed by atoms with Gasteiger partial charge in [0.1, 0.15) is 28.9 Å². The van der Waals surface area contributed by atoms with Crippen molar-refractivity contribution in [3.05, 3.63) is 64.4 Å². The fourth-order valence-corrected chi connectivity index (χ4v) is 4.65. The Morgan fingerprint density at radius 2 is 1.91 bits per heavy atom. The lowest BCUT2D eigenvalue weighted by Gasteiger charge is -2.15. The third kappa shape index (κ3) is 4.64. The van der Waals surface area contributed by atoms with Crippen LogP contribution < -0.4 is 10.1 Å². The number of methoxy groups -OCH3 is 1. The van der Waals surface area contributed by atoms with E-state index in [1.165, 1.54) is 23.8 Å². The summed E-state index contributed by atoms with van der Waals surface area (Å²) in [6.07, 6.45) is 5.64. The Morgan fingerprint density at radius 1 is 1.21 bits per heavy atom. The number of nitrogens with one attached hydrogen (secondary N) is 1. The number of carboxylic acid groups (broad SMARTS) is 1. The van der Waals surface area contributed by atoms with Gasteiger partial charge in [-0.1, -0.05) is 12.1 Å². The molecule has 7 heteroatoms. The number of benzene rings is 2. The van der Waals surface area contributed by atoms with E-state index < -0.39 is 17.9 Å². The smallest absolute Gasteiger partial charge is 0.326 e. The SMILES string of the molecule is COc1c(/C(C)=C/C(=O)NC(Cc2ccc(O)cc2)C(=O)O)cc2c3c(oc2c1C)CCCC3. The molecule has 3 N–H and O–H groups in total. The van der Waals surface area contributed by atoms with Gasteiger partial charge in [0.05, 0.1) is 7.11 Å². The number of phenolic OH excluding ortho intramolecular Hbond substituents is 1. The normalized spacial score (nSPS) is 14.5. The predicted octanol–water partition coefficient (Wildman–Crippen LogP) is 4.55. The minimum absolute atomic E-state index is 0.0957. The minimum atomic E-state index is -1.13. The molecule has 1 aliphatic carbocycles. The molecule has 4 rings (SSSR count). The van der Waals surface area contributed by atoms with Crippen LogP contribution in [0.2, 0.25) is 0 Å². The molecule has 1 aromatic heterocycles. The summed E-state index contributed by atoms with van der Waals surface area (Å²) in [7, 11) is 1.59. The molecule has 0 spiro atoms. The highest BCUT2D eigenvalue weighted by molar-refractivity contribution is 5.99. The first-order valence-electron chi connectivity index (χ1n) is 11.4. The zero-order valence-corrected chi connectivity index (χ0v) is 19.6. The first kappa shape index (κ1) is 23.4. The number of fused-ring (bicyclic) bond motifs is 3. The highest BCUT2D eigenvalue weighted by Gasteiger charge is 2.24. The zero-order chi connectivity index (χ0) is 24.4. The number of carbonyl (C=O) groups is 2. The Balaban J connectivity index is 1.62. The fourth-order valence-electron chi connectivity index (χ4n) is 4.65. The maximum atomic E-state index is 12.8. The van der Waals surface area contributed by atoms with Crippen LogP contribution in [-0.2, 0) is 28.9 Å². The molecule has 1 aliphatic rings. The van der Waals surface area contributed by atoms with Gasteiger partial charge in [0, 0.05) is 41.0 Å². The molecule has 7 nitrogen and oxygen atoms in total. The average Bonchev–Trinajstić information content (AvgIpc) is 3.19. The van der Waals surface area contributed by atoms with E-state index >= 15 is 0 Å². The summed E-state index contributed by atoms with van der Waals surface area (Å²) in [6.45, 7) is 3.76. The van der Waals surface area contributed by atoms with E-state index in [2.05, 4.69) is 5.32 Å². The lowest BCUT2D eigenvalue weighted by atomic mass is 9.93. The van der Waals surface area contributed by atoms with E-state index in [1.54, 1.807) is 19.2 Å². The van der Waals surface area contributed by atoms with Crippen LogP contribution >= 0.6 is 0 Å². The Labute approximate surface area is 198 Å². The second-order valence-electron chi connectivity index (χ2n) is 8.77. The number of allylic oxidation sites excluding steroid dienone is 1. The van der Waals surface area contributed by atoms with Gasteiger partial charge < -0.3 is 24.7 Å². The molecule has 1 amide bonds. The van der Waals surface area contributed by atoms with Crippen LogP contribution in [0.15, 0.2) is 40.8 Å². The molecular weight excluding hydrogens is 434 g/mol. The number of furan rings is 1. The molecule has 3 aromatic rings. The third-order valence-electron chi connectivity index (χ3n) is 6.39. The Hall–Kier alpha value is -3.74.